The van der Waals surface area contributed by atoms with Crippen LogP contribution < -0.4 is 5.32 Å². The molecule has 0 radical (unpaired) electrons. The molecule has 0 aliphatic heterocycles. The van der Waals surface area contributed by atoms with E-state index in [2.05, 4.69) is 47.3 Å². The van der Waals surface area contributed by atoms with Crippen molar-refractivity contribution in [3.05, 3.63) is 108 Å². The van der Waals surface area contributed by atoms with Crippen LogP contribution in [-0.4, -0.2) is 15.5 Å². The van der Waals surface area contributed by atoms with Crippen molar-refractivity contribution >= 4 is 5.91 Å². The minimum absolute atomic E-state index is 0.163. The zero-order valence-corrected chi connectivity index (χ0v) is 16.2. The van der Waals surface area contributed by atoms with Gasteiger partial charge in [-0.2, -0.15) is 0 Å². The molecule has 4 nitrogen and oxygen atoms in total. The number of amides is 1. The summed E-state index contributed by atoms with van der Waals surface area (Å²) in [6, 6.07) is 20.4. The second-order valence-electron chi connectivity index (χ2n) is 6.71. The van der Waals surface area contributed by atoms with Gasteiger partial charge in [0.1, 0.15) is 5.82 Å². The van der Waals surface area contributed by atoms with Crippen molar-refractivity contribution < 1.29 is 4.79 Å². The molecule has 0 aliphatic rings. The highest BCUT2D eigenvalue weighted by Gasteiger charge is 2.18. The van der Waals surface area contributed by atoms with Gasteiger partial charge in [-0.05, 0) is 24.6 Å². The van der Waals surface area contributed by atoms with Crippen molar-refractivity contribution in [3.63, 3.8) is 0 Å². The molecule has 1 aromatic heterocycles. The third-order valence-electron chi connectivity index (χ3n) is 4.49. The summed E-state index contributed by atoms with van der Waals surface area (Å²) in [5.41, 5.74) is 4.61. The van der Waals surface area contributed by atoms with Crippen LogP contribution >= 0.6 is 0 Å². The van der Waals surface area contributed by atoms with Crippen molar-refractivity contribution in [1.82, 2.24) is 14.9 Å². The maximum absolute atomic E-state index is 12.0. The van der Waals surface area contributed by atoms with Crippen molar-refractivity contribution in [2.45, 2.75) is 26.3 Å². The molecule has 0 spiro atoms. The Hall–Kier alpha value is -3.40. The normalized spacial score (nSPS) is 10.5. The minimum Gasteiger partial charge on any atom is -0.347 e. The molecule has 0 saturated heterocycles. The van der Waals surface area contributed by atoms with E-state index in [0.29, 0.717) is 25.0 Å². The zero-order valence-electron chi connectivity index (χ0n) is 16.2. The standard InChI is InChI=1S/C24H25N3O/c1-4-11-22-21(17-25-24(28)18(2)3)26-23(16-19-12-7-5-8-13-19)27(22)20-14-9-6-10-15-20/h4-10,12-15H,1-2,11,16-17H2,3H3,(H,25,28). The molecule has 2 aromatic carbocycles. The van der Waals surface area contributed by atoms with E-state index >= 15 is 0 Å². The minimum atomic E-state index is -0.163. The van der Waals surface area contributed by atoms with Gasteiger partial charge in [0.05, 0.1) is 17.9 Å². The number of rotatable bonds is 8. The summed E-state index contributed by atoms with van der Waals surface area (Å²) < 4.78 is 2.18. The van der Waals surface area contributed by atoms with Crippen LogP contribution in [0, 0.1) is 0 Å². The molecular formula is C24H25N3O. The first-order chi connectivity index (χ1) is 13.6. The van der Waals surface area contributed by atoms with Crippen LogP contribution in [0.2, 0.25) is 0 Å². The number of benzene rings is 2. The summed E-state index contributed by atoms with van der Waals surface area (Å²) in [6.45, 7) is 9.66. The molecule has 4 heteroatoms. The predicted molar refractivity (Wildman–Crippen MR) is 113 cm³/mol. The maximum Gasteiger partial charge on any atom is 0.246 e. The number of carbonyl (C=O) groups is 1. The molecule has 1 amide bonds. The number of hydrogen-bond donors (Lipinski definition) is 1. The van der Waals surface area contributed by atoms with E-state index in [1.54, 1.807) is 6.92 Å². The van der Waals surface area contributed by atoms with E-state index in [9.17, 15) is 4.79 Å². The average molecular weight is 371 g/mol. The number of carbonyl (C=O) groups excluding carboxylic acids is 1. The molecule has 142 valence electrons. The third kappa shape index (κ3) is 4.46. The first kappa shape index (κ1) is 19.4. The smallest absolute Gasteiger partial charge is 0.246 e. The zero-order chi connectivity index (χ0) is 19.9. The van der Waals surface area contributed by atoms with Crippen LogP contribution in [0.4, 0.5) is 0 Å². The molecule has 0 saturated carbocycles. The number of para-hydroxylation sites is 1. The van der Waals surface area contributed by atoms with E-state index < -0.39 is 0 Å². The SMILES string of the molecule is C=CCc1c(CNC(=O)C(=C)C)nc(Cc2ccccc2)n1-c1ccccc1. The lowest BCUT2D eigenvalue weighted by molar-refractivity contribution is -0.117. The van der Waals surface area contributed by atoms with Gasteiger partial charge in [0.15, 0.2) is 0 Å². The highest BCUT2D eigenvalue weighted by Crippen LogP contribution is 2.22. The molecular weight excluding hydrogens is 346 g/mol. The summed E-state index contributed by atoms with van der Waals surface area (Å²) in [6.07, 6.45) is 3.23. The fourth-order valence-electron chi connectivity index (χ4n) is 3.14. The number of nitrogens with one attached hydrogen (secondary N) is 1. The van der Waals surface area contributed by atoms with Gasteiger partial charge < -0.3 is 5.32 Å². The summed E-state index contributed by atoms with van der Waals surface area (Å²) in [7, 11) is 0. The monoisotopic (exact) mass is 371 g/mol. The molecule has 0 atom stereocenters. The molecule has 0 aliphatic carbocycles. The van der Waals surface area contributed by atoms with E-state index in [0.717, 1.165) is 22.9 Å². The van der Waals surface area contributed by atoms with Crippen LogP contribution in [0.25, 0.3) is 5.69 Å². The van der Waals surface area contributed by atoms with Gasteiger partial charge in [-0.1, -0.05) is 61.2 Å². The fraction of sp³-hybridized carbons (Fsp3) is 0.167. The molecule has 0 unspecified atom stereocenters. The first-order valence-corrected chi connectivity index (χ1v) is 9.33. The Morgan fingerprint density at radius 1 is 1.11 bits per heavy atom. The van der Waals surface area contributed by atoms with Gasteiger partial charge in [-0.25, -0.2) is 4.98 Å². The third-order valence-corrected chi connectivity index (χ3v) is 4.49. The maximum atomic E-state index is 12.0. The highest BCUT2D eigenvalue weighted by atomic mass is 16.1. The van der Waals surface area contributed by atoms with E-state index in [1.807, 2.05) is 42.5 Å². The van der Waals surface area contributed by atoms with Crippen LogP contribution in [-0.2, 0) is 24.2 Å². The molecule has 0 bridgehead atoms. The van der Waals surface area contributed by atoms with E-state index in [4.69, 9.17) is 4.98 Å². The Kier molecular flexibility index (Phi) is 6.22. The molecule has 28 heavy (non-hydrogen) atoms. The lowest BCUT2D eigenvalue weighted by Crippen LogP contribution is -2.23. The van der Waals surface area contributed by atoms with Crippen LogP contribution in [0.3, 0.4) is 0 Å². The molecule has 1 N–H and O–H groups in total. The summed E-state index contributed by atoms with van der Waals surface area (Å²) in [4.78, 5) is 16.9. The van der Waals surface area contributed by atoms with Gasteiger partial charge in [0.2, 0.25) is 5.91 Å². The molecule has 0 fully saturated rings. The lowest BCUT2D eigenvalue weighted by atomic mass is 10.1. The van der Waals surface area contributed by atoms with E-state index in [1.165, 1.54) is 5.56 Å². The first-order valence-electron chi connectivity index (χ1n) is 9.33. The number of imidazole rings is 1. The number of hydrogen-bond acceptors (Lipinski definition) is 2. The van der Waals surface area contributed by atoms with Gasteiger partial charge in [-0.15, -0.1) is 6.58 Å². The van der Waals surface area contributed by atoms with Crippen LogP contribution in [0.15, 0.2) is 85.5 Å². The molecule has 3 rings (SSSR count). The number of aromatic nitrogens is 2. The fourth-order valence-corrected chi connectivity index (χ4v) is 3.14. The second kappa shape index (κ2) is 9.00. The van der Waals surface area contributed by atoms with Crippen molar-refractivity contribution in [1.29, 1.82) is 0 Å². The number of allylic oxidation sites excluding steroid dienone is 1. The lowest BCUT2D eigenvalue weighted by Gasteiger charge is -2.12. The second-order valence-corrected chi connectivity index (χ2v) is 6.71. The predicted octanol–water partition coefficient (Wildman–Crippen LogP) is 4.38. The van der Waals surface area contributed by atoms with Gasteiger partial charge in [-0.3, -0.25) is 9.36 Å². The van der Waals surface area contributed by atoms with Crippen molar-refractivity contribution in [2.24, 2.45) is 0 Å². The quantitative estimate of drug-likeness (QED) is 0.472. The van der Waals surface area contributed by atoms with Crippen LogP contribution in [0.5, 0.6) is 0 Å². The Morgan fingerprint density at radius 2 is 1.75 bits per heavy atom. The summed E-state index contributed by atoms with van der Waals surface area (Å²) >= 11 is 0. The van der Waals surface area contributed by atoms with E-state index in [-0.39, 0.29) is 5.91 Å². The van der Waals surface area contributed by atoms with Gasteiger partial charge >= 0.3 is 0 Å². The summed E-state index contributed by atoms with van der Waals surface area (Å²) in [5.74, 6) is 0.775. The van der Waals surface area contributed by atoms with Gasteiger partial charge in [0.25, 0.3) is 0 Å². The summed E-state index contributed by atoms with van der Waals surface area (Å²) in [5, 5.41) is 2.90. The van der Waals surface area contributed by atoms with Crippen LogP contribution in [0.1, 0.15) is 29.7 Å². The van der Waals surface area contributed by atoms with Crippen molar-refractivity contribution in [2.75, 3.05) is 0 Å². The highest BCUT2D eigenvalue weighted by molar-refractivity contribution is 5.91. The van der Waals surface area contributed by atoms with Crippen molar-refractivity contribution in [3.8, 4) is 5.69 Å². The van der Waals surface area contributed by atoms with Gasteiger partial charge in [0, 0.05) is 24.1 Å². The Bertz CT molecular complexity index is 972. The Morgan fingerprint density at radius 3 is 2.36 bits per heavy atom. The topological polar surface area (TPSA) is 46.9 Å². The molecule has 3 aromatic rings. The Labute approximate surface area is 166 Å². The average Bonchev–Trinajstić information content (AvgIpc) is 3.04. The number of nitrogens with zero attached hydrogens (tertiary/aromatic N) is 2. The largest absolute Gasteiger partial charge is 0.347 e. The molecule has 1 heterocycles. The Balaban J connectivity index is 2.05.